The molecule has 72 valence electrons. The fourth-order valence-electron chi connectivity index (χ4n) is 1.29. The quantitative estimate of drug-likeness (QED) is 0.803. The van der Waals surface area contributed by atoms with E-state index in [0.717, 1.165) is 23.1 Å². The Balaban J connectivity index is 2.25. The number of nitrogens with zero attached hydrogens (tertiary/aromatic N) is 1. The van der Waals surface area contributed by atoms with Crippen LogP contribution in [0.4, 0.5) is 0 Å². The Morgan fingerprint density at radius 2 is 2.36 bits per heavy atom. The van der Waals surface area contributed by atoms with Crippen molar-refractivity contribution in [2.45, 2.75) is 6.42 Å². The van der Waals surface area contributed by atoms with Crippen molar-refractivity contribution in [2.24, 2.45) is 5.73 Å². The van der Waals surface area contributed by atoms with Crippen LogP contribution in [0.2, 0.25) is 0 Å². The highest BCUT2D eigenvalue weighted by atomic mass is 16.3. The Bertz CT molecular complexity index is 445. The van der Waals surface area contributed by atoms with Gasteiger partial charge in [-0.2, -0.15) is 0 Å². The molecule has 3 heteroatoms. The van der Waals surface area contributed by atoms with Gasteiger partial charge in [0.05, 0.1) is 0 Å². The number of rotatable bonds is 3. The molecule has 0 aliphatic rings. The number of hydrogen-bond donors (Lipinski definition) is 1. The van der Waals surface area contributed by atoms with Crippen molar-refractivity contribution in [3.8, 4) is 0 Å². The maximum Gasteiger partial charge on any atom is 0.181 e. The number of fused-ring (bicyclic) bond motifs is 1. The van der Waals surface area contributed by atoms with Gasteiger partial charge in [0.25, 0.3) is 0 Å². The first-order chi connectivity index (χ1) is 6.90. The molecular weight excluding hydrogens is 176 g/mol. The zero-order valence-electron chi connectivity index (χ0n) is 7.81. The second-order valence-electron chi connectivity index (χ2n) is 3.06. The molecule has 1 heterocycles. The van der Waals surface area contributed by atoms with Gasteiger partial charge in [0.1, 0.15) is 5.52 Å². The number of aromatic nitrogens is 1. The molecule has 0 saturated carbocycles. The van der Waals surface area contributed by atoms with Crippen molar-refractivity contribution in [3.05, 3.63) is 36.2 Å². The highest BCUT2D eigenvalue weighted by Gasteiger charge is 1.96. The number of benzene rings is 1. The van der Waals surface area contributed by atoms with E-state index < -0.39 is 0 Å². The number of nitrogens with two attached hydrogens (primary N) is 1. The molecule has 0 atom stereocenters. The topological polar surface area (TPSA) is 52.0 Å². The molecule has 0 radical (unpaired) electrons. The molecule has 0 fully saturated rings. The average Bonchev–Trinajstić information content (AvgIpc) is 2.65. The van der Waals surface area contributed by atoms with E-state index in [1.54, 1.807) is 0 Å². The van der Waals surface area contributed by atoms with Gasteiger partial charge in [0.15, 0.2) is 12.0 Å². The Kier molecular flexibility index (Phi) is 2.60. The maximum atomic E-state index is 5.39. The fourth-order valence-corrected chi connectivity index (χ4v) is 1.29. The van der Waals surface area contributed by atoms with Gasteiger partial charge in [-0.05, 0) is 30.7 Å². The van der Waals surface area contributed by atoms with Crippen molar-refractivity contribution >= 4 is 17.2 Å². The molecule has 0 bridgehead atoms. The lowest BCUT2D eigenvalue weighted by Gasteiger charge is -1.92. The zero-order chi connectivity index (χ0) is 9.80. The zero-order valence-corrected chi connectivity index (χ0v) is 7.81. The first-order valence-corrected chi connectivity index (χ1v) is 4.60. The van der Waals surface area contributed by atoms with Crippen LogP contribution in [-0.2, 0) is 0 Å². The lowest BCUT2D eigenvalue weighted by Crippen LogP contribution is -1.94. The summed E-state index contributed by atoms with van der Waals surface area (Å²) in [4.78, 5) is 4.08. The lowest BCUT2D eigenvalue weighted by molar-refractivity contribution is 0.602. The van der Waals surface area contributed by atoms with Gasteiger partial charge in [-0.3, -0.25) is 0 Å². The van der Waals surface area contributed by atoms with Gasteiger partial charge in [0, 0.05) is 0 Å². The van der Waals surface area contributed by atoms with Crippen LogP contribution in [0.25, 0.3) is 17.2 Å². The molecule has 0 aliphatic heterocycles. The third-order valence-corrected chi connectivity index (χ3v) is 2.00. The molecule has 2 aromatic rings. The van der Waals surface area contributed by atoms with Gasteiger partial charge in [-0.1, -0.05) is 18.2 Å². The van der Waals surface area contributed by atoms with Crippen LogP contribution in [0.3, 0.4) is 0 Å². The van der Waals surface area contributed by atoms with Crippen molar-refractivity contribution in [2.75, 3.05) is 6.54 Å². The highest BCUT2D eigenvalue weighted by Crippen LogP contribution is 2.14. The Morgan fingerprint density at radius 1 is 1.43 bits per heavy atom. The molecule has 0 amide bonds. The molecule has 0 aliphatic carbocycles. The highest BCUT2D eigenvalue weighted by molar-refractivity contribution is 5.75. The molecular formula is C11H12N2O. The minimum absolute atomic E-state index is 0.683. The van der Waals surface area contributed by atoms with E-state index in [0.29, 0.717) is 6.54 Å². The van der Waals surface area contributed by atoms with Crippen LogP contribution in [-0.4, -0.2) is 11.5 Å². The molecule has 2 rings (SSSR count). The van der Waals surface area contributed by atoms with E-state index in [1.165, 1.54) is 6.39 Å². The number of oxazole rings is 1. The van der Waals surface area contributed by atoms with Crippen molar-refractivity contribution in [3.63, 3.8) is 0 Å². The minimum atomic E-state index is 0.683. The normalized spacial score (nSPS) is 11.5. The van der Waals surface area contributed by atoms with E-state index in [2.05, 4.69) is 11.1 Å². The Hall–Kier alpha value is -1.61. The largest absolute Gasteiger partial charge is 0.443 e. The molecule has 14 heavy (non-hydrogen) atoms. The summed E-state index contributed by atoms with van der Waals surface area (Å²) in [6.07, 6.45) is 6.46. The predicted octanol–water partition coefficient (Wildman–Crippen LogP) is 2.19. The SMILES string of the molecule is NCCC=Cc1ccc2ocnc2c1. The summed E-state index contributed by atoms with van der Waals surface area (Å²) in [5, 5.41) is 0. The minimum Gasteiger partial charge on any atom is -0.443 e. The van der Waals surface area contributed by atoms with Crippen LogP contribution in [0.15, 0.2) is 35.1 Å². The van der Waals surface area contributed by atoms with Crippen LogP contribution in [0.5, 0.6) is 0 Å². The van der Waals surface area contributed by atoms with Crippen molar-refractivity contribution in [1.82, 2.24) is 4.98 Å². The number of hydrogen-bond acceptors (Lipinski definition) is 3. The van der Waals surface area contributed by atoms with Gasteiger partial charge in [0.2, 0.25) is 0 Å². The van der Waals surface area contributed by atoms with E-state index >= 15 is 0 Å². The summed E-state index contributed by atoms with van der Waals surface area (Å²) in [6.45, 7) is 0.683. The van der Waals surface area contributed by atoms with E-state index in [1.807, 2.05) is 24.3 Å². The van der Waals surface area contributed by atoms with Crippen LogP contribution < -0.4 is 5.73 Å². The van der Waals surface area contributed by atoms with Gasteiger partial charge in [-0.25, -0.2) is 4.98 Å². The summed E-state index contributed by atoms with van der Waals surface area (Å²) in [7, 11) is 0. The predicted molar refractivity (Wildman–Crippen MR) is 56.7 cm³/mol. The standard InChI is InChI=1S/C11H12N2O/c12-6-2-1-3-9-4-5-11-10(7-9)13-8-14-11/h1,3-5,7-8H,2,6,12H2. The Morgan fingerprint density at radius 3 is 3.21 bits per heavy atom. The third-order valence-electron chi connectivity index (χ3n) is 2.00. The molecule has 3 nitrogen and oxygen atoms in total. The third kappa shape index (κ3) is 1.83. The molecule has 1 aromatic heterocycles. The summed E-state index contributed by atoms with van der Waals surface area (Å²) < 4.78 is 5.14. The van der Waals surface area contributed by atoms with Crippen molar-refractivity contribution < 1.29 is 4.42 Å². The summed E-state index contributed by atoms with van der Waals surface area (Å²) in [5.74, 6) is 0. The van der Waals surface area contributed by atoms with Gasteiger partial charge < -0.3 is 10.2 Å². The van der Waals surface area contributed by atoms with Crippen molar-refractivity contribution in [1.29, 1.82) is 0 Å². The first-order valence-electron chi connectivity index (χ1n) is 4.60. The second kappa shape index (κ2) is 4.07. The average molecular weight is 188 g/mol. The second-order valence-corrected chi connectivity index (χ2v) is 3.06. The first kappa shape index (κ1) is 8.97. The lowest BCUT2D eigenvalue weighted by atomic mass is 10.2. The molecule has 2 N–H and O–H groups in total. The van der Waals surface area contributed by atoms with Crippen LogP contribution >= 0.6 is 0 Å². The van der Waals surface area contributed by atoms with Gasteiger partial charge in [-0.15, -0.1) is 0 Å². The van der Waals surface area contributed by atoms with Crippen LogP contribution in [0, 0.1) is 0 Å². The van der Waals surface area contributed by atoms with E-state index in [4.69, 9.17) is 10.2 Å². The monoisotopic (exact) mass is 188 g/mol. The molecule has 0 spiro atoms. The van der Waals surface area contributed by atoms with Gasteiger partial charge >= 0.3 is 0 Å². The smallest absolute Gasteiger partial charge is 0.181 e. The summed E-state index contributed by atoms with van der Waals surface area (Å²) >= 11 is 0. The molecule has 0 unspecified atom stereocenters. The van der Waals surface area contributed by atoms with E-state index in [-0.39, 0.29) is 0 Å². The summed E-state index contributed by atoms with van der Waals surface area (Å²) in [6, 6.07) is 5.91. The Labute approximate surface area is 82.2 Å². The van der Waals surface area contributed by atoms with Crippen LogP contribution in [0.1, 0.15) is 12.0 Å². The fraction of sp³-hybridized carbons (Fsp3) is 0.182. The molecule has 0 saturated heterocycles. The molecule has 1 aromatic carbocycles. The summed E-state index contributed by atoms with van der Waals surface area (Å²) in [5.41, 5.74) is 8.22. The van der Waals surface area contributed by atoms with E-state index in [9.17, 15) is 0 Å². The maximum absolute atomic E-state index is 5.39.